The Hall–Kier alpha value is -1.86. The largest absolute Gasteiger partial charge is 0.379 e. The fourth-order valence-corrected chi connectivity index (χ4v) is 1.72. The van der Waals surface area contributed by atoms with Crippen molar-refractivity contribution in [1.82, 2.24) is 10.1 Å². The molecular weight excluding hydrogens is 280 g/mol. The molecule has 2 rings (SSSR count). The summed E-state index contributed by atoms with van der Waals surface area (Å²) in [7, 11) is 0. The van der Waals surface area contributed by atoms with E-state index in [0.717, 1.165) is 24.6 Å². The number of halogens is 2. The van der Waals surface area contributed by atoms with Crippen molar-refractivity contribution >= 4 is 0 Å². The van der Waals surface area contributed by atoms with Gasteiger partial charge in [-0.2, -0.15) is 4.98 Å². The molecule has 5 nitrogen and oxygen atoms in total. The minimum atomic E-state index is -0.972. The van der Waals surface area contributed by atoms with Crippen molar-refractivity contribution in [2.45, 2.75) is 25.8 Å². The van der Waals surface area contributed by atoms with Gasteiger partial charge < -0.3 is 15.0 Å². The van der Waals surface area contributed by atoms with Crippen LogP contribution in [0.5, 0.6) is 0 Å². The SMILES string of the molecule is CCCOCC(C)(N)c1noc(-c2cc(F)ccc2F)n1. The predicted octanol–water partition coefficient (Wildman–Crippen LogP) is 2.62. The minimum absolute atomic E-state index is 0.0981. The molecule has 0 aliphatic heterocycles. The van der Waals surface area contributed by atoms with Crippen LogP contribution in [-0.4, -0.2) is 23.4 Å². The number of hydrogen-bond acceptors (Lipinski definition) is 5. The Kier molecular flexibility index (Phi) is 4.64. The van der Waals surface area contributed by atoms with Crippen LogP contribution in [0.3, 0.4) is 0 Å². The topological polar surface area (TPSA) is 74.2 Å². The predicted molar refractivity (Wildman–Crippen MR) is 72.3 cm³/mol. The van der Waals surface area contributed by atoms with Gasteiger partial charge in [0.2, 0.25) is 0 Å². The third-order valence-electron chi connectivity index (χ3n) is 2.85. The fraction of sp³-hybridized carbons (Fsp3) is 0.429. The molecule has 0 bridgehead atoms. The Bertz CT molecular complexity index is 614. The third kappa shape index (κ3) is 3.62. The number of aromatic nitrogens is 2. The summed E-state index contributed by atoms with van der Waals surface area (Å²) in [4.78, 5) is 4.04. The summed E-state index contributed by atoms with van der Waals surface area (Å²) in [5.74, 6) is -1.17. The summed E-state index contributed by atoms with van der Waals surface area (Å²) >= 11 is 0. The molecule has 1 unspecified atom stereocenters. The van der Waals surface area contributed by atoms with Gasteiger partial charge in [0, 0.05) is 6.61 Å². The lowest BCUT2D eigenvalue weighted by atomic mass is 10.1. The molecule has 2 N–H and O–H groups in total. The van der Waals surface area contributed by atoms with Gasteiger partial charge in [-0.05, 0) is 31.5 Å². The van der Waals surface area contributed by atoms with E-state index >= 15 is 0 Å². The second-order valence-electron chi connectivity index (χ2n) is 5.02. The molecule has 21 heavy (non-hydrogen) atoms. The van der Waals surface area contributed by atoms with E-state index < -0.39 is 17.2 Å². The number of ether oxygens (including phenoxy) is 1. The summed E-state index contributed by atoms with van der Waals surface area (Å²) in [6.45, 7) is 4.42. The first kappa shape index (κ1) is 15.5. The zero-order valence-corrected chi connectivity index (χ0v) is 11.9. The molecule has 7 heteroatoms. The highest BCUT2D eigenvalue weighted by molar-refractivity contribution is 5.53. The van der Waals surface area contributed by atoms with Gasteiger partial charge in [0.25, 0.3) is 5.89 Å². The van der Waals surface area contributed by atoms with Crippen molar-refractivity contribution < 1.29 is 18.0 Å². The zero-order chi connectivity index (χ0) is 15.5. The van der Waals surface area contributed by atoms with Crippen LogP contribution in [0.1, 0.15) is 26.1 Å². The van der Waals surface area contributed by atoms with E-state index in [9.17, 15) is 8.78 Å². The minimum Gasteiger partial charge on any atom is -0.379 e. The van der Waals surface area contributed by atoms with Crippen LogP contribution in [0.2, 0.25) is 0 Å². The number of nitrogens with zero attached hydrogens (tertiary/aromatic N) is 2. The molecule has 114 valence electrons. The van der Waals surface area contributed by atoms with E-state index in [1.165, 1.54) is 0 Å². The first-order valence-corrected chi connectivity index (χ1v) is 6.60. The van der Waals surface area contributed by atoms with Crippen LogP contribution in [0, 0.1) is 11.6 Å². The van der Waals surface area contributed by atoms with E-state index in [2.05, 4.69) is 10.1 Å². The summed E-state index contributed by atoms with van der Waals surface area (Å²) in [5.41, 5.74) is 4.99. The van der Waals surface area contributed by atoms with E-state index in [1.54, 1.807) is 6.92 Å². The van der Waals surface area contributed by atoms with E-state index in [1.807, 2.05) is 6.92 Å². The number of nitrogens with two attached hydrogens (primary N) is 1. The maximum absolute atomic E-state index is 13.7. The highest BCUT2D eigenvalue weighted by Crippen LogP contribution is 2.24. The monoisotopic (exact) mass is 297 g/mol. The van der Waals surface area contributed by atoms with Gasteiger partial charge in [0.1, 0.15) is 17.2 Å². The quantitative estimate of drug-likeness (QED) is 0.830. The van der Waals surface area contributed by atoms with Crippen LogP contribution < -0.4 is 5.73 Å². The molecule has 0 amide bonds. The molecule has 1 aromatic carbocycles. The van der Waals surface area contributed by atoms with Crippen LogP contribution in [-0.2, 0) is 10.3 Å². The van der Waals surface area contributed by atoms with Crippen LogP contribution >= 0.6 is 0 Å². The maximum atomic E-state index is 13.7. The molecule has 0 fully saturated rings. The van der Waals surface area contributed by atoms with Gasteiger partial charge in [0.05, 0.1) is 12.2 Å². The second kappa shape index (κ2) is 6.28. The molecule has 0 aliphatic rings. The van der Waals surface area contributed by atoms with Crippen molar-refractivity contribution in [2.75, 3.05) is 13.2 Å². The Labute approximate surface area is 121 Å². The van der Waals surface area contributed by atoms with Crippen LogP contribution in [0.4, 0.5) is 8.78 Å². The van der Waals surface area contributed by atoms with Crippen molar-refractivity contribution in [2.24, 2.45) is 5.73 Å². The van der Waals surface area contributed by atoms with E-state index in [0.29, 0.717) is 6.61 Å². The average Bonchev–Trinajstić information content (AvgIpc) is 2.92. The Morgan fingerprint density at radius 1 is 1.38 bits per heavy atom. The highest BCUT2D eigenvalue weighted by atomic mass is 19.1. The molecule has 0 aliphatic carbocycles. The molecule has 1 heterocycles. The summed E-state index contributed by atoms with van der Waals surface area (Å²) in [5, 5.41) is 3.73. The molecule has 1 atom stereocenters. The van der Waals surface area contributed by atoms with Gasteiger partial charge in [-0.1, -0.05) is 12.1 Å². The Balaban J connectivity index is 2.23. The highest BCUT2D eigenvalue weighted by Gasteiger charge is 2.28. The van der Waals surface area contributed by atoms with Gasteiger partial charge in [-0.25, -0.2) is 8.78 Å². The fourth-order valence-electron chi connectivity index (χ4n) is 1.72. The zero-order valence-electron chi connectivity index (χ0n) is 11.9. The number of hydrogen-bond donors (Lipinski definition) is 1. The Morgan fingerprint density at radius 3 is 2.86 bits per heavy atom. The van der Waals surface area contributed by atoms with Gasteiger partial charge in [-0.3, -0.25) is 0 Å². The number of benzene rings is 1. The summed E-state index contributed by atoms with van der Waals surface area (Å²) < 4.78 is 37.2. The van der Waals surface area contributed by atoms with Crippen molar-refractivity contribution in [3.8, 4) is 11.5 Å². The van der Waals surface area contributed by atoms with Crippen molar-refractivity contribution in [1.29, 1.82) is 0 Å². The van der Waals surface area contributed by atoms with E-state index in [4.69, 9.17) is 15.0 Å². The lowest BCUT2D eigenvalue weighted by Crippen LogP contribution is -2.39. The molecular formula is C14H17F2N3O2. The molecule has 2 aromatic rings. The maximum Gasteiger partial charge on any atom is 0.261 e. The smallest absolute Gasteiger partial charge is 0.261 e. The van der Waals surface area contributed by atoms with Gasteiger partial charge in [-0.15, -0.1) is 0 Å². The van der Waals surface area contributed by atoms with Gasteiger partial charge >= 0.3 is 0 Å². The summed E-state index contributed by atoms with van der Waals surface area (Å²) in [6.07, 6.45) is 0.863. The van der Waals surface area contributed by atoms with Crippen molar-refractivity contribution in [3.63, 3.8) is 0 Å². The standard InChI is InChI=1S/C14H17F2N3O2/c1-3-6-20-8-14(2,17)13-18-12(21-19-13)10-7-9(15)4-5-11(10)16/h4-5,7H,3,6,8,17H2,1-2H3. The van der Waals surface area contributed by atoms with Crippen molar-refractivity contribution in [3.05, 3.63) is 35.7 Å². The Morgan fingerprint density at radius 2 is 2.14 bits per heavy atom. The number of rotatable bonds is 6. The molecule has 0 saturated heterocycles. The molecule has 1 aromatic heterocycles. The first-order chi connectivity index (χ1) is 9.94. The third-order valence-corrected chi connectivity index (χ3v) is 2.85. The first-order valence-electron chi connectivity index (χ1n) is 6.60. The second-order valence-corrected chi connectivity index (χ2v) is 5.02. The molecule has 0 radical (unpaired) electrons. The van der Waals surface area contributed by atoms with E-state index in [-0.39, 0.29) is 23.9 Å². The van der Waals surface area contributed by atoms with Gasteiger partial charge in [0.15, 0.2) is 5.82 Å². The normalized spacial score (nSPS) is 14.1. The summed E-state index contributed by atoms with van der Waals surface area (Å²) in [6, 6.07) is 3.01. The average molecular weight is 297 g/mol. The molecule has 0 spiro atoms. The molecule has 0 saturated carbocycles. The lowest BCUT2D eigenvalue weighted by Gasteiger charge is -2.19. The van der Waals surface area contributed by atoms with Crippen LogP contribution in [0.15, 0.2) is 22.7 Å². The lowest BCUT2D eigenvalue weighted by molar-refractivity contribution is 0.0867. The van der Waals surface area contributed by atoms with Crippen LogP contribution in [0.25, 0.3) is 11.5 Å².